The largest absolute Gasteiger partial charge is 0.416 e. The number of amides is 3. The molecule has 0 heterocycles. The molecule has 7 nitrogen and oxygen atoms in total. The van der Waals surface area contributed by atoms with E-state index >= 15 is 0 Å². The fourth-order valence-electron chi connectivity index (χ4n) is 3.08. The minimum Gasteiger partial charge on any atom is -0.376 e. The fourth-order valence-corrected chi connectivity index (χ4v) is 3.08. The molecule has 3 N–H and O–H groups in total. The van der Waals surface area contributed by atoms with E-state index in [0.717, 1.165) is 12.1 Å². The molecule has 0 aliphatic carbocycles. The quantitative estimate of drug-likeness (QED) is 0.441. The third-order valence-electron chi connectivity index (χ3n) is 5.04. The molecule has 0 bridgehead atoms. The average molecular weight is 484 g/mol. The summed E-state index contributed by atoms with van der Waals surface area (Å²) in [5, 5.41) is 8.07. The van der Waals surface area contributed by atoms with Crippen molar-refractivity contribution in [3.63, 3.8) is 0 Å². The number of hydrogen-bond donors (Lipinski definition) is 3. The predicted octanol–water partition coefficient (Wildman–Crippen LogP) is 4.99. The van der Waals surface area contributed by atoms with Crippen LogP contribution < -0.4 is 20.9 Å². The maximum absolute atomic E-state index is 12.9. The molecule has 3 rings (SSSR count). The zero-order valence-electron chi connectivity index (χ0n) is 18.9. The SMILES string of the molecule is CC(=O)N(C)c1ccc(NC(=O)CNc2cccc(C(=O)Nc3cccc(C(F)(F)F)c3)c2)cc1. The lowest BCUT2D eigenvalue weighted by atomic mass is 10.1. The Morgan fingerprint density at radius 3 is 2.14 bits per heavy atom. The number of nitrogens with zero attached hydrogens (tertiary/aromatic N) is 1. The summed E-state index contributed by atoms with van der Waals surface area (Å²) in [4.78, 5) is 37.7. The molecule has 0 aliphatic heterocycles. The van der Waals surface area contributed by atoms with Crippen LogP contribution in [-0.4, -0.2) is 31.3 Å². The van der Waals surface area contributed by atoms with Gasteiger partial charge in [-0.1, -0.05) is 12.1 Å². The molecule has 0 fully saturated rings. The summed E-state index contributed by atoms with van der Waals surface area (Å²) in [7, 11) is 1.65. The van der Waals surface area contributed by atoms with E-state index < -0.39 is 17.6 Å². The van der Waals surface area contributed by atoms with Crippen LogP contribution >= 0.6 is 0 Å². The van der Waals surface area contributed by atoms with Crippen molar-refractivity contribution in [1.29, 1.82) is 0 Å². The first-order valence-electron chi connectivity index (χ1n) is 10.5. The number of carbonyl (C=O) groups excluding carboxylic acids is 3. The highest BCUT2D eigenvalue weighted by Crippen LogP contribution is 2.30. The Hall–Kier alpha value is -4.34. The maximum atomic E-state index is 12.9. The molecule has 35 heavy (non-hydrogen) atoms. The smallest absolute Gasteiger partial charge is 0.376 e. The molecule has 0 saturated carbocycles. The first kappa shape index (κ1) is 25.3. The summed E-state index contributed by atoms with van der Waals surface area (Å²) in [5.41, 5.74) is 1.08. The van der Waals surface area contributed by atoms with Gasteiger partial charge in [-0.3, -0.25) is 14.4 Å². The van der Waals surface area contributed by atoms with Gasteiger partial charge in [-0.15, -0.1) is 0 Å². The Balaban J connectivity index is 1.57. The molecular formula is C25H23F3N4O3. The van der Waals surface area contributed by atoms with Crippen molar-refractivity contribution in [1.82, 2.24) is 0 Å². The Morgan fingerprint density at radius 2 is 1.49 bits per heavy atom. The van der Waals surface area contributed by atoms with Crippen molar-refractivity contribution in [2.24, 2.45) is 0 Å². The number of nitrogens with one attached hydrogen (secondary N) is 3. The van der Waals surface area contributed by atoms with E-state index in [1.54, 1.807) is 43.4 Å². The van der Waals surface area contributed by atoms with E-state index in [0.29, 0.717) is 17.1 Å². The highest BCUT2D eigenvalue weighted by atomic mass is 19.4. The summed E-state index contributed by atoms with van der Waals surface area (Å²) in [5.74, 6) is -1.04. The lowest BCUT2D eigenvalue weighted by Gasteiger charge is -2.15. The van der Waals surface area contributed by atoms with Gasteiger partial charge in [-0.05, 0) is 60.7 Å². The zero-order chi connectivity index (χ0) is 25.6. The van der Waals surface area contributed by atoms with Crippen molar-refractivity contribution in [2.75, 3.05) is 34.4 Å². The van der Waals surface area contributed by atoms with Crippen LogP contribution in [-0.2, 0) is 15.8 Å². The van der Waals surface area contributed by atoms with Crippen LogP contribution in [0.25, 0.3) is 0 Å². The lowest BCUT2D eigenvalue weighted by Crippen LogP contribution is -2.23. The second-order valence-electron chi connectivity index (χ2n) is 7.64. The van der Waals surface area contributed by atoms with Gasteiger partial charge >= 0.3 is 6.18 Å². The summed E-state index contributed by atoms with van der Waals surface area (Å²) in [6.45, 7) is 1.36. The molecular weight excluding hydrogens is 461 g/mol. The number of anilines is 4. The van der Waals surface area contributed by atoms with Gasteiger partial charge in [-0.25, -0.2) is 0 Å². The first-order valence-corrected chi connectivity index (χ1v) is 10.5. The molecule has 0 unspecified atom stereocenters. The van der Waals surface area contributed by atoms with Crippen molar-refractivity contribution < 1.29 is 27.6 Å². The monoisotopic (exact) mass is 484 g/mol. The van der Waals surface area contributed by atoms with E-state index in [4.69, 9.17) is 0 Å². The number of hydrogen-bond acceptors (Lipinski definition) is 4. The van der Waals surface area contributed by atoms with E-state index in [1.807, 2.05) is 0 Å². The second kappa shape index (κ2) is 10.7. The van der Waals surface area contributed by atoms with Gasteiger partial charge in [0.25, 0.3) is 5.91 Å². The van der Waals surface area contributed by atoms with Gasteiger partial charge in [0, 0.05) is 42.3 Å². The predicted molar refractivity (Wildman–Crippen MR) is 128 cm³/mol. The molecule has 3 aromatic carbocycles. The molecule has 0 atom stereocenters. The van der Waals surface area contributed by atoms with Crippen LogP contribution in [0.4, 0.5) is 35.9 Å². The van der Waals surface area contributed by atoms with Crippen LogP contribution in [0.1, 0.15) is 22.8 Å². The highest BCUT2D eigenvalue weighted by molar-refractivity contribution is 6.05. The third kappa shape index (κ3) is 7.07. The Bertz CT molecular complexity index is 1230. The maximum Gasteiger partial charge on any atom is 0.416 e. The average Bonchev–Trinajstić information content (AvgIpc) is 2.82. The van der Waals surface area contributed by atoms with Crippen molar-refractivity contribution >= 4 is 40.5 Å². The molecule has 3 amide bonds. The van der Waals surface area contributed by atoms with Crippen LogP contribution in [0, 0.1) is 0 Å². The first-order chi connectivity index (χ1) is 16.5. The zero-order valence-corrected chi connectivity index (χ0v) is 18.9. The Morgan fingerprint density at radius 1 is 0.829 bits per heavy atom. The number of alkyl halides is 3. The van der Waals surface area contributed by atoms with Gasteiger partial charge in [-0.2, -0.15) is 13.2 Å². The molecule has 182 valence electrons. The van der Waals surface area contributed by atoms with Gasteiger partial charge in [0.1, 0.15) is 0 Å². The minimum atomic E-state index is -4.52. The number of carbonyl (C=O) groups is 3. The number of benzene rings is 3. The standard InChI is InChI=1S/C25H23F3N4O3/c1-16(33)32(2)22-11-9-19(10-12-22)30-23(34)15-29-20-7-3-5-17(13-20)24(35)31-21-8-4-6-18(14-21)25(26,27)28/h3-14,29H,15H2,1-2H3,(H,30,34)(H,31,35). The van der Waals surface area contributed by atoms with Crippen LogP contribution in [0.5, 0.6) is 0 Å². The number of rotatable bonds is 7. The molecule has 10 heteroatoms. The minimum absolute atomic E-state index is 0.0167. The summed E-state index contributed by atoms with van der Waals surface area (Å²) < 4.78 is 38.6. The highest BCUT2D eigenvalue weighted by Gasteiger charge is 2.30. The van der Waals surface area contributed by atoms with E-state index in [2.05, 4.69) is 16.0 Å². The van der Waals surface area contributed by atoms with Crippen molar-refractivity contribution in [3.8, 4) is 0 Å². The Kier molecular flexibility index (Phi) is 7.75. The summed E-state index contributed by atoms with van der Waals surface area (Å²) >= 11 is 0. The molecule has 0 saturated heterocycles. The van der Waals surface area contributed by atoms with Crippen LogP contribution in [0.3, 0.4) is 0 Å². The summed E-state index contributed by atoms with van der Waals surface area (Å²) in [6, 6.07) is 17.3. The van der Waals surface area contributed by atoms with E-state index in [9.17, 15) is 27.6 Å². The fraction of sp³-hybridized carbons (Fsp3) is 0.160. The van der Waals surface area contributed by atoms with E-state index in [-0.39, 0.29) is 29.6 Å². The van der Waals surface area contributed by atoms with Gasteiger partial charge in [0.05, 0.1) is 12.1 Å². The van der Waals surface area contributed by atoms with Gasteiger partial charge < -0.3 is 20.9 Å². The third-order valence-corrected chi connectivity index (χ3v) is 5.04. The van der Waals surface area contributed by atoms with Crippen molar-refractivity contribution in [2.45, 2.75) is 13.1 Å². The summed E-state index contributed by atoms with van der Waals surface area (Å²) in [6.07, 6.45) is -4.52. The van der Waals surface area contributed by atoms with Crippen LogP contribution in [0.2, 0.25) is 0 Å². The normalized spacial score (nSPS) is 10.9. The molecule has 3 aromatic rings. The van der Waals surface area contributed by atoms with Crippen molar-refractivity contribution in [3.05, 3.63) is 83.9 Å². The number of halogens is 3. The molecule has 0 radical (unpaired) electrons. The molecule has 0 spiro atoms. The van der Waals surface area contributed by atoms with E-state index in [1.165, 1.54) is 36.1 Å². The Labute approximate surface area is 199 Å². The second-order valence-corrected chi connectivity index (χ2v) is 7.64. The molecule has 0 aliphatic rings. The van der Waals surface area contributed by atoms with Gasteiger partial charge in [0.2, 0.25) is 11.8 Å². The molecule has 0 aromatic heterocycles. The van der Waals surface area contributed by atoms with Gasteiger partial charge in [0.15, 0.2) is 0 Å². The lowest BCUT2D eigenvalue weighted by molar-refractivity contribution is -0.137. The van der Waals surface area contributed by atoms with Crippen LogP contribution in [0.15, 0.2) is 72.8 Å². The topological polar surface area (TPSA) is 90.5 Å².